The van der Waals surface area contributed by atoms with E-state index in [0.29, 0.717) is 18.0 Å². The van der Waals surface area contributed by atoms with Crippen molar-refractivity contribution in [3.8, 4) is 0 Å². The van der Waals surface area contributed by atoms with Crippen LogP contribution in [0.5, 0.6) is 0 Å². The van der Waals surface area contributed by atoms with Crippen molar-refractivity contribution in [2.75, 3.05) is 16.8 Å². The molecule has 1 aliphatic heterocycles. The molecule has 3 aromatic rings. The minimum absolute atomic E-state index is 0.119. The number of anilines is 2. The van der Waals surface area contributed by atoms with E-state index in [2.05, 4.69) is 41.2 Å². The average Bonchev–Trinajstić information content (AvgIpc) is 3.07. The van der Waals surface area contributed by atoms with Crippen LogP contribution in [0.3, 0.4) is 0 Å². The second-order valence-electron chi connectivity index (χ2n) is 7.17. The molecule has 9 nitrogen and oxygen atoms in total. The predicted octanol–water partition coefficient (Wildman–Crippen LogP) is 3.69. The first kappa shape index (κ1) is 20.3. The molecule has 3 heterocycles. The maximum Gasteiger partial charge on any atom is 0.417 e. The molecule has 2 atom stereocenters. The number of benzene rings is 1. The lowest BCUT2D eigenvalue weighted by molar-refractivity contribution is 0.178. The summed E-state index contributed by atoms with van der Waals surface area (Å²) in [4.78, 5) is 42.1. The van der Waals surface area contributed by atoms with Gasteiger partial charge in [-0.3, -0.25) is 4.79 Å². The normalized spacial score (nSPS) is 17.3. The Labute approximate surface area is 181 Å². The molecular weight excluding hydrogens is 452 g/mol. The van der Waals surface area contributed by atoms with E-state index in [1.807, 2.05) is 38.1 Å². The molecule has 1 unspecified atom stereocenters. The van der Waals surface area contributed by atoms with Crippen LogP contribution >= 0.6 is 15.9 Å². The highest BCUT2D eigenvalue weighted by molar-refractivity contribution is 9.10. The van der Waals surface area contributed by atoms with E-state index >= 15 is 0 Å². The number of ether oxygens (including phenoxy) is 1. The van der Waals surface area contributed by atoms with Gasteiger partial charge >= 0.3 is 6.09 Å². The van der Waals surface area contributed by atoms with Crippen molar-refractivity contribution >= 4 is 44.8 Å². The van der Waals surface area contributed by atoms with E-state index in [1.165, 1.54) is 4.90 Å². The highest BCUT2D eigenvalue weighted by atomic mass is 79.9. The summed E-state index contributed by atoms with van der Waals surface area (Å²) in [6.07, 6.45) is 0.250. The number of hydrogen-bond acceptors (Lipinski definition) is 7. The van der Waals surface area contributed by atoms with Gasteiger partial charge in [0.2, 0.25) is 11.9 Å². The van der Waals surface area contributed by atoms with E-state index in [0.717, 1.165) is 21.8 Å². The van der Waals surface area contributed by atoms with Crippen molar-refractivity contribution in [2.24, 2.45) is 0 Å². The van der Waals surface area contributed by atoms with Gasteiger partial charge in [0.15, 0.2) is 0 Å². The number of fused-ring (bicyclic) bond motifs is 1. The lowest BCUT2D eigenvalue weighted by atomic mass is 10.1. The first-order valence-corrected chi connectivity index (χ1v) is 10.4. The molecule has 156 valence electrons. The van der Waals surface area contributed by atoms with Gasteiger partial charge in [0.05, 0.1) is 12.1 Å². The number of halogens is 1. The topological polar surface area (TPSA) is 113 Å². The van der Waals surface area contributed by atoms with E-state index in [-0.39, 0.29) is 29.5 Å². The van der Waals surface area contributed by atoms with Crippen LogP contribution in [-0.4, -0.2) is 38.7 Å². The molecule has 0 saturated carbocycles. The second kappa shape index (κ2) is 8.02. The molecule has 2 N–H and O–H groups in total. The lowest BCUT2D eigenvalue weighted by Crippen LogP contribution is -2.35. The van der Waals surface area contributed by atoms with Crippen molar-refractivity contribution < 1.29 is 9.53 Å². The summed E-state index contributed by atoms with van der Waals surface area (Å²) in [6, 6.07) is 7.02. The summed E-state index contributed by atoms with van der Waals surface area (Å²) in [5.41, 5.74) is 1.12. The number of pyridine rings is 1. The Morgan fingerprint density at radius 3 is 2.87 bits per heavy atom. The third-order valence-corrected chi connectivity index (χ3v) is 5.52. The predicted molar refractivity (Wildman–Crippen MR) is 117 cm³/mol. The molecule has 1 aromatic carbocycles. The van der Waals surface area contributed by atoms with E-state index in [1.54, 1.807) is 6.92 Å². The minimum atomic E-state index is -0.469. The number of aryl methyl sites for hydroxylation is 1. The molecule has 0 bridgehead atoms. The van der Waals surface area contributed by atoms with Gasteiger partial charge in [-0.1, -0.05) is 22.9 Å². The molecule has 1 saturated heterocycles. The summed E-state index contributed by atoms with van der Waals surface area (Å²) in [6.45, 7) is 5.86. The Morgan fingerprint density at radius 2 is 2.10 bits per heavy atom. The largest absolute Gasteiger partial charge is 0.447 e. The van der Waals surface area contributed by atoms with Crippen LogP contribution in [-0.2, 0) is 4.74 Å². The van der Waals surface area contributed by atoms with Crippen LogP contribution in [0.2, 0.25) is 0 Å². The number of amides is 1. The van der Waals surface area contributed by atoms with Crippen molar-refractivity contribution in [3.05, 3.63) is 50.5 Å². The van der Waals surface area contributed by atoms with Gasteiger partial charge in [-0.05, 0) is 49.9 Å². The van der Waals surface area contributed by atoms with Gasteiger partial charge < -0.3 is 15.0 Å². The van der Waals surface area contributed by atoms with Crippen molar-refractivity contribution in [1.29, 1.82) is 0 Å². The molecule has 0 radical (unpaired) electrons. The number of aromatic amines is 1. The van der Waals surface area contributed by atoms with Gasteiger partial charge in [0, 0.05) is 15.6 Å². The molecule has 1 amide bonds. The highest BCUT2D eigenvalue weighted by Crippen LogP contribution is 2.24. The molecule has 0 aliphatic carbocycles. The van der Waals surface area contributed by atoms with Crippen LogP contribution in [0.25, 0.3) is 10.9 Å². The number of rotatable bonds is 5. The molecule has 4 rings (SSSR count). The number of nitrogens with zero attached hydrogens (tertiary/aromatic N) is 4. The molecule has 1 aliphatic rings. The highest BCUT2D eigenvalue weighted by Gasteiger charge is 2.35. The number of hydrogen-bond donors (Lipinski definition) is 2. The summed E-state index contributed by atoms with van der Waals surface area (Å²) < 4.78 is 6.06. The fourth-order valence-corrected chi connectivity index (χ4v) is 3.81. The first-order valence-electron chi connectivity index (χ1n) is 9.63. The zero-order valence-corrected chi connectivity index (χ0v) is 18.4. The molecule has 30 heavy (non-hydrogen) atoms. The first-order chi connectivity index (χ1) is 14.4. The maximum absolute atomic E-state index is 12.6. The van der Waals surface area contributed by atoms with Gasteiger partial charge in [0.25, 0.3) is 5.56 Å². The Balaban J connectivity index is 1.65. The maximum atomic E-state index is 12.6. The van der Waals surface area contributed by atoms with Gasteiger partial charge in [-0.2, -0.15) is 15.0 Å². The van der Waals surface area contributed by atoms with E-state index < -0.39 is 6.09 Å². The molecular formula is C20H21BrN6O3. The lowest BCUT2D eigenvalue weighted by Gasteiger charge is -2.20. The van der Waals surface area contributed by atoms with Crippen LogP contribution in [0.4, 0.5) is 16.7 Å². The summed E-state index contributed by atoms with van der Waals surface area (Å²) in [7, 11) is 0. The van der Waals surface area contributed by atoms with Crippen molar-refractivity contribution in [1.82, 2.24) is 19.9 Å². The summed E-state index contributed by atoms with van der Waals surface area (Å²) in [5, 5.41) is 4.07. The summed E-state index contributed by atoms with van der Waals surface area (Å²) >= 11 is 3.45. The van der Waals surface area contributed by atoms with Gasteiger partial charge in [-0.25, -0.2) is 9.69 Å². The third-order valence-electron chi connectivity index (χ3n) is 5.03. The van der Waals surface area contributed by atoms with Crippen LogP contribution < -0.4 is 15.8 Å². The molecule has 0 spiro atoms. The van der Waals surface area contributed by atoms with Crippen LogP contribution in [0.15, 0.2) is 33.5 Å². The van der Waals surface area contributed by atoms with Crippen LogP contribution in [0.1, 0.15) is 37.7 Å². The zero-order chi connectivity index (χ0) is 21.4. The smallest absolute Gasteiger partial charge is 0.417 e. The number of carbonyl (C=O) groups excluding carboxylic acids is 1. The quantitative estimate of drug-likeness (QED) is 0.581. The SMILES string of the molecule is CCC1COC(=O)N1c1nc(C)nc(N[C@H](C)c2cc3cc(Br)ccc3[nH]c2=O)n1. The fourth-order valence-electron chi connectivity index (χ4n) is 3.43. The number of nitrogens with one attached hydrogen (secondary N) is 2. The minimum Gasteiger partial charge on any atom is -0.447 e. The Kier molecular flexibility index (Phi) is 5.42. The summed E-state index contributed by atoms with van der Waals surface area (Å²) in [5.74, 6) is 0.983. The van der Waals surface area contributed by atoms with E-state index in [9.17, 15) is 9.59 Å². The number of cyclic esters (lactones) is 1. The van der Waals surface area contributed by atoms with Gasteiger partial charge in [0.1, 0.15) is 12.4 Å². The van der Waals surface area contributed by atoms with Crippen LogP contribution in [0, 0.1) is 6.92 Å². The number of carbonyl (C=O) groups is 1. The monoisotopic (exact) mass is 472 g/mol. The standard InChI is InChI=1S/C20H21BrN6O3/c1-4-14-9-30-20(29)27(14)19-24-11(3)23-18(26-19)22-10(2)15-8-12-7-13(21)5-6-16(12)25-17(15)28/h5-8,10,14H,4,9H2,1-3H3,(H,25,28)(H,22,23,24,26)/t10-,14?/m1/s1. The van der Waals surface area contributed by atoms with Crippen molar-refractivity contribution in [3.63, 3.8) is 0 Å². The fraction of sp³-hybridized carbons (Fsp3) is 0.350. The molecule has 2 aromatic heterocycles. The number of H-pyrrole nitrogens is 1. The zero-order valence-electron chi connectivity index (χ0n) is 16.8. The second-order valence-corrected chi connectivity index (χ2v) is 8.08. The van der Waals surface area contributed by atoms with Crippen molar-refractivity contribution in [2.45, 2.75) is 39.3 Å². The number of aromatic nitrogens is 4. The molecule has 10 heteroatoms. The van der Waals surface area contributed by atoms with Gasteiger partial charge in [-0.15, -0.1) is 0 Å². The Hall–Kier alpha value is -3.01. The van der Waals surface area contributed by atoms with E-state index in [4.69, 9.17) is 4.74 Å². The molecule has 1 fully saturated rings. The average molecular weight is 473 g/mol. The Morgan fingerprint density at radius 1 is 1.30 bits per heavy atom. The Bertz CT molecular complexity index is 1180. The third kappa shape index (κ3) is 3.87.